The maximum Gasteiger partial charge on any atom is 0.271 e. The number of rotatable bonds is 2. The van der Waals surface area contributed by atoms with E-state index in [2.05, 4.69) is 20.9 Å². The van der Waals surface area contributed by atoms with Gasteiger partial charge in [-0.25, -0.2) is 4.98 Å². The summed E-state index contributed by atoms with van der Waals surface area (Å²) in [5.41, 5.74) is 3.00. The van der Waals surface area contributed by atoms with Gasteiger partial charge in [-0.15, -0.1) is 11.3 Å². The molecule has 96 valence electrons. The summed E-state index contributed by atoms with van der Waals surface area (Å²) in [7, 11) is 0. The zero-order valence-corrected chi connectivity index (χ0v) is 12.7. The van der Waals surface area contributed by atoms with E-state index in [0.717, 1.165) is 25.8 Å². The van der Waals surface area contributed by atoms with Crippen molar-refractivity contribution < 1.29 is 0 Å². The molecule has 3 nitrogen and oxygen atoms in total. The topological polar surface area (TPSA) is 34.9 Å². The van der Waals surface area contributed by atoms with Crippen LogP contribution in [0.15, 0.2) is 45.2 Å². The van der Waals surface area contributed by atoms with E-state index >= 15 is 0 Å². The summed E-state index contributed by atoms with van der Waals surface area (Å²) in [6, 6.07) is 7.95. The molecule has 0 saturated carbocycles. The van der Waals surface area contributed by atoms with Gasteiger partial charge in [0.2, 0.25) is 0 Å². The maximum atomic E-state index is 12.3. The molecule has 0 bridgehead atoms. The number of thiophene rings is 1. The molecule has 0 saturated heterocycles. The highest BCUT2D eigenvalue weighted by molar-refractivity contribution is 9.10. The molecule has 0 radical (unpaired) electrons. The average molecular weight is 335 g/mol. The van der Waals surface area contributed by atoms with Crippen LogP contribution in [0.2, 0.25) is 0 Å². The minimum absolute atomic E-state index is 0.0334. The van der Waals surface area contributed by atoms with E-state index in [-0.39, 0.29) is 5.56 Å². The van der Waals surface area contributed by atoms with Crippen molar-refractivity contribution >= 4 is 37.5 Å². The molecule has 0 spiro atoms. The van der Waals surface area contributed by atoms with E-state index < -0.39 is 0 Å². The smallest absolute Gasteiger partial charge is 0.271 e. The lowest BCUT2D eigenvalue weighted by atomic mass is 10.2. The molecular weight excluding hydrogens is 324 g/mol. The second kappa shape index (κ2) is 4.90. The molecule has 5 heteroatoms. The van der Waals surface area contributed by atoms with Crippen molar-refractivity contribution in [2.75, 3.05) is 0 Å². The number of nitrogens with zero attached hydrogens (tertiary/aromatic N) is 2. The Morgan fingerprint density at radius 1 is 1.32 bits per heavy atom. The first-order chi connectivity index (χ1) is 9.15. The first kappa shape index (κ1) is 12.6. The van der Waals surface area contributed by atoms with Crippen molar-refractivity contribution in [2.45, 2.75) is 13.5 Å². The minimum atomic E-state index is 0.0334. The fourth-order valence-corrected chi connectivity index (χ4v) is 3.17. The summed E-state index contributed by atoms with van der Waals surface area (Å²) in [6.07, 6.45) is 1.63. The summed E-state index contributed by atoms with van der Waals surface area (Å²) < 4.78 is 3.42. The molecule has 0 aliphatic rings. The normalized spacial score (nSPS) is 11.1. The molecule has 2 heterocycles. The van der Waals surface area contributed by atoms with Gasteiger partial charge in [-0.2, -0.15) is 0 Å². The van der Waals surface area contributed by atoms with E-state index in [4.69, 9.17) is 0 Å². The van der Waals surface area contributed by atoms with Crippen LogP contribution in [0.3, 0.4) is 0 Å². The van der Waals surface area contributed by atoms with Crippen LogP contribution in [0.25, 0.3) is 10.2 Å². The molecule has 0 aliphatic heterocycles. The molecule has 3 rings (SSSR count). The van der Waals surface area contributed by atoms with Gasteiger partial charge in [-0.3, -0.25) is 9.36 Å². The third-order valence-corrected chi connectivity index (χ3v) is 4.59. The number of aryl methyl sites for hydroxylation is 1. The van der Waals surface area contributed by atoms with E-state index in [1.165, 1.54) is 11.3 Å². The van der Waals surface area contributed by atoms with Crippen molar-refractivity contribution in [1.29, 1.82) is 0 Å². The fourth-order valence-electron chi connectivity index (χ4n) is 1.96. The van der Waals surface area contributed by atoms with Gasteiger partial charge in [0.15, 0.2) is 0 Å². The Labute approximate surface area is 122 Å². The van der Waals surface area contributed by atoms with E-state index in [1.807, 2.05) is 36.6 Å². The second-order valence-electron chi connectivity index (χ2n) is 4.40. The molecule has 0 amide bonds. The van der Waals surface area contributed by atoms with Crippen LogP contribution < -0.4 is 5.56 Å². The van der Waals surface area contributed by atoms with Gasteiger partial charge in [0.05, 0.1) is 18.4 Å². The number of hydrogen-bond acceptors (Lipinski definition) is 3. The summed E-state index contributed by atoms with van der Waals surface area (Å²) in [5.74, 6) is 0. The number of hydrogen-bond donors (Lipinski definition) is 0. The fraction of sp³-hybridized carbons (Fsp3) is 0.143. The minimum Gasteiger partial charge on any atom is -0.294 e. The lowest BCUT2D eigenvalue weighted by molar-refractivity contribution is 0.749. The number of halogens is 1. The Kier molecular flexibility index (Phi) is 3.24. The first-order valence-corrected chi connectivity index (χ1v) is 7.50. The predicted octanol–water partition coefficient (Wildman–Crippen LogP) is 3.58. The van der Waals surface area contributed by atoms with Crippen LogP contribution in [0.1, 0.15) is 11.1 Å². The highest BCUT2D eigenvalue weighted by Gasteiger charge is 2.08. The molecule has 0 atom stereocenters. The van der Waals surface area contributed by atoms with Crippen LogP contribution in [-0.2, 0) is 6.54 Å². The standard InChI is InChI=1S/C14H11BrN2OS/c1-9-7-19-13-12(9)16-8-17(14(13)18)6-10-2-4-11(15)5-3-10/h2-5,7-8H,6H2,1H3. The highest BCUT2D eigenvalue weighted by Crippen LogP contribution is 2.19. The molecule has 0 fully saturated rings. The van der Waals surface area contributed by atoms with E-state index in [9.17, 15) is 4.79 Å². The average Bonchev–Trinajstić information content (AvgIpc) is 2.78. The molecule has 0 aliphatic carbocycles. The maximum absolute atomic E-state index is 12.3. The second-order valence-corrected chi connectivity index (χ2v) is 6.20. The molecule has 2 aromatic heterocycles. The lowest BCUT2D eigenvalue weighted by Gasteiger charge is -2.05. The Hall–Kier alpha value is -1.46. The number of fused-ring (bicyclic) bond motifs is 1. The Morgan fingerprint density at radius 3 is 2.79 bits per heavy atom. The Morgan fingerprint density at radius 2 is 2.05 bits per heavy atom. The summed E-state index contributed by atoms with van der Waals surface area (Å²) >= 11 is 4.87. The lowest BCUT2D eigenvalue weighted by Crippen LogP contribution is -2.20. The van der Waals surface area contributed by atoms with Crippen LogP contribution in [0.5, 0.6) is 0 Å². The molecular formula is C14H11BrN2OS. The molecule has 3 aromatic rings. The van der Waals surface area contributed by atoms with Crippen LogP contribution >= 0.6 is 27.3 Å². The van der Waals surface area contributed by atoms with Gasteiger partial charge >= 0.3 is 0 Å². The molecule has 19 heavy (non-hydrogen) atoms. The van der Waals surface area contributed by atoms with Crippen molar-refractivity contribution in [1.82, 2.24) is 9.55 Å². The quantitative estimate of drug-likeness (QED) is 0.718. The third kappa shape index (κ3) is 2.35. The van der Waals surface area contributed by atoms with E-state index in [1.54, 1.807) is 10.9 Å². The zero-order chi connectivity index (χ0) is 13.4. The summed E-state index contributed by atoms with van der Waals surface area (Å²) in [5, 5.41) is 1.98. The van der Waals surface area contributed by atoms with Gasteiger partial charge < -0.3 is 0 Å². The van der Waals surface area contributed by atoms with Gasteiger partial charge in [-0.1, -0.05) is 28.1 Å². The molecule has 1 aromatic carbocycles. The molecule has 0 N–H and O–H groups in total. The van der Waals surface area contributed by atoms with Crippen LogP contribution in [0, 0.1) is 6.92 Å². The highest BCUT2D eigenvalue weighted by atomic mass is 79.9. The van der Waals surface area contributed by atoms with Gasteiger partial charge in [0.1, 0.15) is 4.70 Å². The summed E-state index contributed by atoms with van der Waals surface area (Å²) in [4.78, 5) is 16.7. The van der Waals surface area contributed by atoms with Crippen molar-refractivity contribution in [2.24, 2.45) is 0 Å². The molecule has 0 unspecified atom stereocenters. The SMILES string of the molecule is Cc1csc2c(=O)n(Cc3ccc(Br)cc3)cnc12. The zero-order valence-electron chi connectivity index (χ0n) is 10.3. The van der Waals surface area contributed by atoms with E-state index in [0.29, 0.717) is 6.54 Å². The largest absolute Gasteiger partial charge is 0.294 e. The van der Waals surface area contributed by atoms with Crippen molar-refractivity contribution in [3.63, 3.8) is 0 Å². The Bertz CT molecular complexity index is 789. The van der Waals surface area contributed by atoms with Crippen molar-refractivity contribution in [3.05, 3.63) is 61.9 Å². The number of benzene rings is 1. The van der Waals surface area contributed by atoms with Crippen LogP contribution in [0.4, 0.5) is 0 Å². The van der Waals surface area contributed by atoms with Gasteiger partial charge in [0.25, 0.3) is 5.56 Å². The Balaban J connectivity index is 2.04. The first-order valence-electron chi connectivity index (χ1n) is 5.83. The van der Waals surface area contributed by atoms with Crippen molar-refractivity contribution in [3.8, 4) is 0 Å². The summed E-state index contributed by atoms with van der Waals surface area (Å²) in [6.45, 7) is 2.52. The monoisotopic (exact) mass is 334 g/mol. The van der Waals surface area contributed by atoms with Crippen LogP contribution in [-0.4, -0.2) is 9.55 Å². The number of aromatic nitrogens is 2. The van der Waals surface area contributed by atoms with Gasteiger partial charge in [-0.05, 0) is 35.6 Å². The van der Waals surface area contributed by atoms with Gasteiger partial charge in [0, 0.05) is 4.47 Å². The third-order valence-electron chi connectivity index (χ3n) is 2.99. The predicted molar refractivity (Wildman–Crippen MR) is 81.9 cm³/mol.